The van der Waals surface area contributed by atoms with Gasteiger partial charge in [0, 0.05) is 36.6 Å². The molecule has 2 aromatic rings. The van der Waals surface area contributed by atoms with Crippen LogP contribution in [0.5, 0.6) is 0 Å². The molecular weight excluding hydrogens is 308 g/mol. The monoisotopic (exact) mass is 324 g/mol. The standard InChI is InChI=1S/C15H17ClN2O2S/c1-18(8-6-14-17-7-9-21-14)15(20)10-13(19)11-2-4-12(16)5-3-11/h2-5,7,9,13,19H,6,8,10H2,1H3. The van der Waals surface area contributed by atoms with Gasteiger partial charge in [0.05, 0.1) is 17.5 Å². The van der Waals surface area contributed by atoms with E-state index in [0.29, 0.717) is 17.1 Å². The number of nitrogens with zero attached hydrogens (tertiary/aromatic N) is 2. The first-order valence-electron chi connectivity index (χ1n) is 6.62. The smallest absolute Gasteiger partial charge is 0.225 e. The summed E-state index contributed by atoms with van der Waals surface area (Å²) < 4.78 is 0. The summed E-state index contributed by atoms with van der Waals surface area (Å²) in [6.07, 6.45) is 1.75. The van der Waals surface area contributed by atoms with Crippen LogP contribution in [0.3, 0.4) is 0 Å². The van der Waals surface area contributed by atoms with E-state index in [1.807, 2.05) is 5.38 Å². The second kappa shape index (κ2) is 7.54. The highest BCUT2D eigenvalue weighted by Gasteiger charge is 2.16. The molecule has 1 aromatic heterocycles. The van der Waals surface area contributed by atoms with Gasteiger partial charge in [-0.25, -0.2) is 4.98 Å². The van der Waals surface area contributed by atoms with Crippen LogP contribution in [0.25, 0.3) is 0 Å². The molecule has 1 heterocycles. The number of aliphatic hydroxyl groups excluding tert-OH is 1. The molecule has 0 bridgehead atoms. The van der Waals surface area contributed by atoms with Gasteiger partial charge in [-0.2, -0.15) is 0 Å². The summed E-state index contributed by atoms with van der Waals surface area (Å²) in [4.78, 5) is 17.9. The van der Waals surface area contributed by atoms with Gasteiger partial charge in [0.2, 0.25) is 5.91 Å². The zero-order chi connectivity index (χ0) is 15.2. The van der Waals surface area contributed by atoms with Gasteiger partial charge in [-0.3, -0.25) is 4.79 Å². The molecule has 0 fully saturated rings. The molecule has 1 amide bonds. The number of hydrogen-bond acceptors (Lipinski definition) is 4. The quantitative estimate of drug-likeness (QED) is 0.889. The number of rotatable bonds is 6. The Balaban J connectivity index is 1.83. The fourth-order valence-electron chi connectivity index (χ4n) is 1.89. The molecule has 1 unspecified atom stereocenters. The second-order valence-corrected chi connectivity index (χ2v) is 6.18. The lowest BCUT2D eigenvalue weighted by Gasteiger charge is -2.19. The molecule has 21 heavy (non-hydrogen) atoms. The Hall–Kier alpha value is -1.43. The van der Waals surface area contributed by atoms with Crippen molar-refractivity contribution in [2.24, 2.45) is 0 Å². The highest BCUT2D eigenvalue weighted by atomic mass is 35.5. The first-order valence-corrected chi connectivity index (χ1v) is 7.88. The third-order valence-electron chi connectivity index (χ3n) is 3.19. The lowest BCUT2D eigenvalue weighted by molar-refractivity contribution is -0.132. The summed E-state index contributed by atoms with van der Waals surface area (Å²) in [7, 11) is 1.74. The molecule has 1 N–H and O–H groups in total. The molecule has 112 valence electrons. The number of amides is 1. The Kier molecular flexibility index (Phi) is 5.73. The minimum absolute atomic E-state index is 0.0655. The van der Waals surface area contributed by atoms with E-state index in [0.717, 1.165) is 11.4 Å². The van der Waals surface area contributed by atoms with E-state index in [9.17, 15) is 9.90 Å². The zero-order valence-electron chi connectivity index (χ0n) is 11.7. The maximum Gasteiger partial charge on any atom is 0.225 e. The molecule has 0 saturated carbocycles. The van der Waals surface area contributed by atoms with Gasteiger partial charge in [-0.1, -0.05) is 23.7 Å². The average Bonchev–Trinajstić information content (AvgIpc) is 2.98. The molecule has 4 nitrogen and oxygen atoms in total. The van der Waals surface area contributed by atoms with E-state index in [4.69, 9.17) is 11.6 Å². The number of benzene rings is 1. The van der Waals surface area contributed by atoms with Crippen molar-refractivity contribution >= 4 is 28.8 Å². The summed E-state index contributed by atoms with van der Waals surface area (Å²) in [5.41, 5.74) is 0.695. The van der Waals surface area contributed by atoms with Crippen molar-refractivity contribution in [2.45, 2.75) is 18.9 Å². The summed E-state index contributed by atoms with van der Waals surface area (Å²) in [5, 5.41) is 13.6. The number of aromatic nitrogens is 1. The molecule has 0 spiro atoms. The van der Waals surface area contributed by atoms with Gasteiger partial charge in [-0.05, 0) is 17.7 Å². The van der Waals surface area contributed by atoms with Crippen molar-refractivity contribution in [3.63, 3.8) is 0 Å². The molecule has 0 radical (unpaired) electrons. The molecule has 0 aliphatic heterocycles. The first kappa shape index (κ1) is 15.9. The van der Waals surface area contributed by atoms with Crippen molar-refractivity contribution in [3.05, 3.63) is 51.4 Å². The summed E-state index contributed by atoms with van der Waals surface area (Å²) in [5.74, 6) is -0.0889. The lowest BCUT2D eigenvalue weighted by atomic mass is 10.1. The van der Waals surface area contributed by atoms with Crippen molar-refractivity contribution in [2.75, 3.05) is 13.6 Å². The number of carbonyl (C=O) groups is 1. The van der Waals surface area contributed by atoms with Crippen LogP contribution in [-0.4, -0.2) is 34.5 Å². The van der Waals surface area contributed by atoms with Crippen molar-refractivity contribution in [1.82, 2.24) is 9.88 Å². The number of thiazole rings is 1. The number of aliphatic hydroxyl groups is 1. The molecule has 6 heteroatoms. The van der Waals surface area contributed by atoms with Crippen LogP contribution in [0.2, 0.25) is 5.02 Å². The number of halogens is 1. The van der Waals surface area contributed by atoms with Crippen LogP contribution < -0.4 is 0 Å². The first-order chi connectivity index (χ1) is 10.1. The Morgan fingerprint density at radius 1 is 1.43 bits per heavy atom. The molecular formula is C15H17ClN2O2S. The summed E-state index contributed by atoms with van der Waals surface area (Å²) in [6.45, 7) is 0.597. The fourth-order valence-corrected chi connectivity index (χ4v) is 2.62. The summed E-state index contributed by atoms with van der Waals surface area (Å²) >= 11 is 7.38. The van der Waals surface area contributed by atoms with Crippen LogP contribution in [0.1, 0.15) is 23.1 Å². The van der Waals surface area contributed by atoms with E-state index in [-0.39, 0.29) is 12.3 Å². The zero-order valence-corrected chi connectivity index (χ0v) is 13.3. The van der Waals surface area contributed by atoms with Gasteiger partial charge in [0.25, 0.3) is 0 Å². The van der Waals surface area contributed by atoms with Crippen molar-refractivity contribution < 1.29 is 9.90 Å². The Labute approximate surface area is 133 Å². The normalized spacial score (nSPS) is 12.1. The lowest BCUT2D eigenvalue weighted by Crippen LogP contribution is -2.30. The molecule has 2 rings (SSSR count). The maximum absolute atomic E-state index is 12.1. The maximum atomic E-state index is 12.1. The van der Waals surface area contributed by atoms with E-state index in [1.54, 1.807) is 53.7 Å². The summed E-state index contributed by atoms with van der Waals surface area (Å²) in [6, 6.07) is 6.87. The van der Waals surface area contributed by atoms with Crippen LogP contribution in [0.4, 0.5) is 0 Å². The number of carbonyl (C=O) groups excluding carboxylic acids is 1. The molecule has 1 atom stereocenters. The van der Waals surface area contributed by atoms with Gasteiger partial charge >= 0.3 is 0 Å². The molecule has 0 saturated heterocycles. The van der Waals surface area contributed by atoms with Crippen LogP contribution >= 0.6 is 22.9 Å². The van der Waals surface area contributed by atoms with Crippen LogP contribution in [-0.2, 0) is 11.2 Å². The molecule has 0 aliphatic rings. The van der Waals surface area contributed by atoms with E-state index in [1.165, 1.54) is 0 Å². The predicted octanol–water partition coefficient (Wildman–Crippen LogP) is 2.92. The van der Waals surface area contributed by atoms with E-state index >= 15 is 0 Å². The van der Waals surface area contributed by atoms with Gasteiger partial charge in [0.1, 0.15) is 0 Å². The van der Waals surface area contributed by atoms with Crippen molar-refractivity contribution in [3.8, 4) is 0 Å². The van der Waals surface area contributed by atoms with Gasteiger partial charge < -0.3 is 10.0 Å². The minimum Gasteiger partial charge on any atom is -0.388 e. The SMILES string of the molecule is CN(CCc1nccs1)C(=O)CC(O)c1ccc(Cl)cc1. The minimum atomic E-state index is -0.808. The molecule has 1 aromatic carbocycles. The highest BCUT2D eigenvalue weighted by Crippen LogP contribution is 2.20. The van der Waals surface area contributed by atoms with Crippen LogP contribution in [0.15, 0.2) is 35.8 Å². The highest BCUT2D eigenvalue weighted by molar-refractivity contribution is 7.09. The predicted molar refractivity (Wildman–Crippen MR) is 84.5 cm³/mol. The fraction of sp³-hybridized carbons (Fsp3) is 0.333. The average molecular weight is 325 g/mol. The van der Waals surface area contributed by atoms with Gasteiger partial charge in [-0.15, -0.1) is 11.3 Å². The van der Waals surface area contributed by atoms with E-state index < -0.39 is 6.10 Å². The topological polar surface area (TPSA) is 53.4 Å². The largest absolute Gasteiger partial charge is 0.388 e. The van der Waals surface area contributed by atoms with Gasteiger partial charge in [0.15, 0.2) is 0 Å². The Morgan fingerprint density at radius 2 is 2.14 bits per heavy atom. The Bertz CT molecular complexity index is 572. The third-order valence-corrected chi connectivity index (χ3v) is 4.28. The van der Waals surface area contributed by atoms with E-state index in [2.05, 4.69) is 4.98 Å². The molecule has 0 aliphatic carbocycles. The Morgan fingerprint density at radius 3 is 2.76 bits per heavy atom. The van der Waals surface area contributed by atoms with Crippen LogP contribution in [0, 0.1) is 0 Å². The number of hydrogen-bond donors (Lipinski definition) is 1. The second-order valence-electron chi connectivity index (χ2n) is 4.76. The number of likely N-dealkylation sites (N-methyl/N-ethyl adjacent to an activating group) is 1. The van der Waals surface area contributed by atoms with Crippen molar-refractivity contribution in [1.29, 1.82) is 0 Å². The third kappa shape index (κ3) is 4.81.